The average Bonchev–Trinajstić information content (AvgIpc) is 3.17. The summed E-state index contributed by atoms with van der Waals surface area (Å²) in [5.41, 5.74) is 0. The molecule has 0 rings (SSSR count). The molecule has 0 fully saturated rings. The molecule has 0 spiro atoms. The number of phosphoric ester groups is 1. The number of hydrogen-bond acceptors (Lipinski definition) is 6. The maximum atomic E-state index is 12.4. The Morgan fingerprint density at radius 1 is 0.464 bits per heavy atom. The largest absolute Gasteiger partial charge is 0.469 e. The van der Waals surface area contributed by atoms with Crippen LogP contribution < -0.4 is 0 Å². The van der Waals surface area contributed by atoms with Crippen LogP contribution in [0.2, 0.25) is 0 Å². The highest BCUT2D eigenvalue weighted by atomic mass is 31.2. The maximum absolute atomic E-state index is 12.4. The Kier molecular flexibility index (Phi) is 41.1. The summed E-state index contributed by atoms with van der Waals surface area (Å²) in [5, 5.41) is 0. The second-order valence-electron chi connectivity index (χ2n) is 15.4. The van der Waals surface area contributed by atoms with Crippen molar-refractivity contribution < 1.29 is 37.9 Å². The minimum absolute atomic E-state index is 0.148. The highest BCUT2D eigenvalue weighted by Gasteiger charge is 2.22. The standard InChI is InChI=1S/C47H85O8P/c1-3-5-7-9-11-13-15-17-19-20-21-22-23-24-25-26-28-30-32-34-36-38-40-42-47(49)55-45(44-54-56(50,51)52)43-53-46(48)41-39-37-35-33-31-29-27-18-16-14-12-10-8-6-4-2/h14,16,18,26-28,34,36,45H,3-13,15,17,19-25,29-33,35,37-44H2,1-2H3,(H2,50,51,52)/b16-14+,27-18+,28-26+,36-34+/t45-/m1/s1. The third-order valence-electron chi connectivity index (χ3n) is 9.83. The monoisotopic (exact) mass is 809 g/mol. The van der Waals surface area contributed by atoms with E-state index in [9.17, 15) is 14.2 Å². The molecule has 2 N–H and O–H groups in total. The molecule has 1 atom stereocenters. The van der Waals surface area contributed by atoms with Crippen LogP contribution in [0.4, 0.5) is 0 Å². The van der Waals surface area contributed by atoms with Gasteiger partial charge in [-0.2, -0.15) is 0 Å². The van der Waals surface area contributed by atoms with Gasteiger partial charge in [0.05, 0.1) is 6.61 Å². The van der Waals surface area contributed by atoms with Crippen LogP contribution in [-0.2, 0) is 28.2 Å². The van der Waals surface area contributed by atoms with Gasteiger partial charge in [0.25, 0.3) is 0 Å². The van der Waals surface area contributed by atoms with Crippen LogP contribution in [0.3, 0.4) is 0 Å². The molecule has 0 aliphatic heterocycles. The van der Waals surface area contributed by atoms with E-state index in [1.165, 1.54) is 116 Å². The van der Waals surface area contributed by atoms with Gasteiger partial charge in [0, 0.05) is 12.8 Å². The van der Waals surface area contributed by atoms with E-state index in [4.69, 9.17) is 19.3 Å². The topological polar surface area (TPSA) is 119 Å². The molecule has 326 valence electrons. The average molecular weight is 809 g/mol. The van der Waals surface area contributed by atoms with Crippen LogP contribution >= 0.6 is 7.82 Å². The van der Waals surface area contributed by atoms with Gasteiger partial charge in [0.15, 0.2) is 6.10 Å². The van der Waals surface area contributed by atoms with E-state index in [0.29, 0.717) is 12.8 Å². The second kappa shape index (κ2) is 42.6. The zero-order chi connectivity index (χ0) is 41.1. The Hall–Kier alpha value is -1.99. The van der Waals surface area contributed by atoms with Crippen LogP contribution in [0.25, 0.3) is 0 Å². The van der Waals surface area contributed by atoms with Crippen molar-refractivity contribution in [1.29, 1.82) is 0 Å². The molecule has 0 bridgehead atoms. The lowest BCUT2D eigenvalue weighted by Gasteiger charge is -2.18. The Bertz CT molecular complexity index is 1050. The molecule has 0 aliphatic rings. The van der Waals surface area contributed by atoms with Gasteiger partial charge in [-0.3, -0.25) is 14.1 Å². The van der Waals surface area contributed by atoms with Gasteiger partial charge >= 0.3 is 19.8 Å². The number of carbonyl (C=O) groups excluding carboxylic acids is 2. The van der Waals surface area contributed by atoms with Gasteiger partial charge in [-0.15, -0.1) is 0 Å². The maximum Gasteiger partial charge on any atom is 0.469 e. The third kappa shape index (κ3) is 44.7. The van der Waals surface area contributed by atoms with Crippen molar-refractivity contribution >= 4 is 19.8 Å². The summed E-state index contributed by atoms with van der Waals surface area (Å²) >= 11 is 0. The number of carbonyl (C=O) groups is 2. The van der Waals surface area contributed by atoms with Gasteiger partial charge in [-0.1, -0.05) is 184 Å². The molecular weight excluding hydrogens is 723 g/mol. The molecule has 0 unspecified atom stereocenters. The van der Waals surface area contributed by atoms with Crippen molar-refractivity contribution in [2.45, 2.75) is 225 Å². The summed E-state index contributed by atoms with van der Waals surface area (Å²) in [6.45, 7) is 3.64. The quantitative estimate of drug-likeness (QED) is 0.0206. The number of allylic oxidation sites excluding steroid dienone is 8. The first kappa shape index (κ1) is 54.0. The predicted molar refractivity (Wildman–Crippen MR) is 234 cm³/mol. The number of esters is 2. The SMILES string of the molecule is CCCCCC/C=C/C=C/CCCCCCCC(=O)OC[C@H](COP(=O)(O)O)OC(=O)CCC/C=C/CC/C=C/CCCCCCCCCCCCCCCC. The molecular formula is C47H85O8P. The molecule has 0 heterocycles. The summed E-state index contributed by atoms with van der Waals surface area (Å²) in [6.07, 6.45) is 52.8. The molecule has 8 nitrogen and oxygen atoms in total. The molecule has 56 heavy (non-hydrogen) atoms. The predicted octanol–water partition coefficient (Wildman–Crippen LogP) is 14.3. The molecule has 0 saturated carbocycles. The van der Waals surface area contributed by atoms with E-state index < -0.39 is 32.5 Å². The first-order valence-electron chi connectivity index (χ1n) is 22.9. The van der Waals surface area contributed by atoms with Crippen LogP contribution in [0, 0.1) is 0 Å². The lowest BCUT2D eigenvalue weighted by molar-refractivity contribution is -0.161. The normalized spacial score (nSPS) is 12.9. The van der Waals surface area contributed by atoms with Crippen molar-refractivity contribution in [3.63, 3.8) is 0 Å². The first-order chi connectivity index (χ1) is 27.3. The number of unbranched alkanes of at least 4 members (excludes halogenated alkanes) is 25. The van der Waals surface area contributed by atoms with Gasteiger partial charge < -0.3 is 19.3 Å². The molecule has 0 aromatic rings. The Morgan fingerprint density at radius 3 is 1.32 bits per heavy atom. The van der Waals surface area contributed by atoms with E-state index in [1.807, 2.05) is 0 Å². The van der Waals surface area contributed by atoms with E-state index in [2.05, 4.69) is 67.0 Å². The highest BCUT2D eigenvalue weighted by molar-refractivity contribution is 7.46. The zero-order valence-electron chi connectivity index (χ0n) is 36.0. The molecule has 0 aliphatic carbocycles. The van der Waals surface area contributed by atoms with Crippen LogP contribution in [-0.4, -0.2) is 41.0 Å². The van der Waals surface area contributed by atoms with E-state index in [1.54, 1.807) is 0 Å². The van der Waals surface area contributed by atoms with Crippen molar-refractivity contribution in [2.75, 3.05) is 13.2 Å². The number of hydrogen-bond donors (Lipinski definition) is 2. The first-order valence-corrected chi connectivity index (χ1v) is 24.5. The fourth-order valence-electron chi connectivity index (χ4n) is 6.38. The zero-order valence-corrected chi connectivity index (χ0v) is 36.9. The molecule has 0 saturated heterocycles. The number of ether oxygens (including phenoxy) is 2. The second-order valence-corrected chi connectivity index (χ2v) is 16.6. The minimum Gasteiger partial charge on any atom is -0.462 e. The van der Waals surface area contributed by atoms with E-state index in [0.717, 1.165) is 64.2 Å². The van der Waals surface area contributed by atoms with Gasteiger partial charge in [-0.25, -0.2) is 4.57 Å². The third-order valence-corrected chi connectivity index (χ3v) is 10.3. The van der Waals surface area contributed by atoms with Crippen molar-refractivity contribution in [2.24, 2.45) is 0 Å². The van der Waals surface area contributed by atoms with Crippen molar-refractivity contribution in [3.05, 3.63) is 48.6 Å². The number of phosphoric acid groups is 1. The summed E-state index contributed by atoms with van der Waals surface area (Å²) in [6, 6.07) is 0. The molecule has 0 radical (unpaired) electrons. The number of rotatable bonds is 42. The highest BCUT2D eigenvalue weighted by Crippen LogP contribution is 2.36. The van der Waals surface area contributed by atoms with Crippen LogP contribution in [0.15, 0.2) is 48.6 Å². The van der Waals surface area contributed by atoms with Gasteiger partial charge in [-0.05, 0) is 70.6 Å². The molecule has 0 aromatic heterocycles. The lowest BCUT2D eigenvalue weighted by atomic mass is 10.0. The smallest absolute Gasteiger partial charge is 0.462 e. The van der Waals surface area contributed by atoms with Crippen molar-refractivity contribution in [3.8, 4) is 0 Å². The fraction of sp³-hybridized carbons (Fsp3) is 0.787. The Morgan fingerprint density at radius 2 is 0.839 bits per heavy atom. The minimum atomic E-state index is -4.77. The van der Waals surface area contributed by atoms with Gasteiger partial charge in [0.1, 0.15) is 6.61 Å². The Balaban J connectivity index is 3.93. The molecule has 9 heteroatoms. The van der Waals surface area contributed by atoms with Gasteiger partial charge in [0.2, 0.25) is 0 Å². The van der Waals surface area contributed by atoms with Crippen molar-refractivity contribution in [1.82, 2.24) is 0 Å². The summed E-state index contributed by atoms with van der Waals surface area (Å²) in [7, 11) is -4.77. The summed E-state index contributed by atoms with van der Waals surface area (Å²) in [5.74, 6) is -0.949. The Labute approximate surface area is 344 Å². The summed E-state index contributed by atoms with van der Waals surface area (Å²) < 4.78 is 26.4. The molecule has 0 aromatic carbocycles. The fourth-order valence-corrected chi connectivity index (χ4v) is 6.74. The van der Waals surface area contributed by atoms with Crippen LogP contribution in [0.5, 0.6) is 0 Å². The lowest BCUT2D eigenvalue weighted by Crippen LogP contribution is -2.29. The van der Waals surface area contributed by atoms with Crippen LogP contribution in [0.1, 0.15) is 219 Å². The summed E-state index contributed by atoms with van der Waals surface area (Å²) in [4.78, 5) is 42.9. The molecule has 0 amide bonds. The van der Waals surface area contributed by atoms with E-state index in [-0.39, 0.29) is 19.4 Å². The van der Waals surface area contributed by atoms with E-state index >= 15 is 0 Å².